The summed E-state index contributed by atoms with van der Waals surface area (Å²) in [5.74, 6) is 0.619. The Bertz CT molecular complexity index is 690. The van der Waals surface area contributed by atoms with E-state index in [4.69, 9.17) is 10.5 Å². The number of H-pyrrole nitrogens is 1. The molecule has 1 fully saturated rings. The first-order valence-electron chi connectivity index (χ1n) is 7.20. The van der Waals surface area contributed by atoms with E-state index in [1.54, 1.807) is 13.2 Å². The number of aromatic amines is 1. The van der Waals surface area contributed by atoms with E-state index in [9.17, 15) is 4.79 Å². The molecule has 21 heavy (non-hydrogen) atoms. The lowest BCUT2D eigenvalue weighted by Gasteiger charge is -2.34. The Balaban J connectivity index is 1.88. The van der Waals surface area contributed by atoms with Crippen LogP contribution in [0, 0.1) is 5.92 Å². The fraction of sp³-hybridized carbons (Fsp3) is 0.467. The molecule has 112 valence electrons. The highest BCUT2D eigenvalue weighted by Gasteiger charge is 2.21. The fourth-order valence-corrected chi connectivity index (χ4v) is 2.97. The zero-order valence-corrected chi connectivity index (χ0v) is 12.1. The second kappa shape index (κ2) is 5.73. The third-order valence-corrected chi connectivity index (χ3v) is 4.15. The molecule has 2 heterocycles. The third-order valence-electron chi connectivity index (χ3n) is 4.15. The summed E-state index contributed by atoms with van der Waals surface area (Å²) >= 11 is 0. The maximum atomic E-state index is 11.8. The van der Waals surface area contributed by atoms with Gasteiger partial charge in [-0.3, -0.25) is 4.79 Å². The van der Waals surface area contributed by atoms with Gasteiger partial charge in [0.25, 0.3) is 5.56 Å². The van der Waals surface area contributed by atoms with Gasteiger partial charge >= 0.3 is 0 Å². The van der Waals surface area contributed by atoms with E-state index < -0.39 is 0 Å². The third kappa shape index (κ3) is 2.71. The Labute approximate surface area is 122 Å². The number of nitrogens with zero attached hydrogens (tertiary/aromatic N) is 2. The van der Waals surface area contributed by atoms with Crippen LogP contribution in [0.3, 0.4) is 0 Å². The van der Waals surface area contributed by atoms with Crippen LogP contribution in [-0.2, 0) is 4.74 Å². The molecule has 0 amide bonds. The van der Waals surface area contributed by atoms with Crippen LogP contribution in [-0.4, -0.2) is 36.8 Å². The van der Waals surface area contributed by atoms with Crippen molar-refractivity contribution in [3.8, 4) is 0 Å². The number of aromatic nitrogens is 2. The topological polar surface area (TPSA) is 84.2 Å². The molecule has 6 nitrogen and oxygen atoms in total. The first-order chi connectivity index (χ1) is 10.2. The second-order valence-electron chi connectivity index (χ2n) is 5.55. The van der Waals surface area contributed by atoms with Crippen molar-refractivity contribution in [2.24, 2.45) is 5.92 Å². The lowest BCUT2D eigenvalue weighted by Crippen LogP contribution is -2.35. The molecule has 1 saturated heterocycles. The first kappa shape index (κ1) is 13.9. The van der Waals surface area contributed by atoms with Crippen LogP contribution in [0.1, 0.15) is 12.8 Å². The summed E-state index contributed by atoms with van der Waals surface area (Å²) in [6.45, 7) is 2.72. The Kier molecular flexibility index (Phi) is 3.79. The summed E-state index contributed by atoms with van der Waals surface area (Å²) < 4.78 is 5.23. The maximum absolute atomic E-state index is 11.8. The Hall–Kier alpha value is -2.08. The number of hydrogen-bond donors (Lipinski definition) is 2. The number of fused-ring (bicyclic) bond motifs is 1. The summed E-state index contributed by atoms with van der Waals surface area (Å²) in [7, 11) is 1.75. The van der Waals surface area contributed by atoms with E-state index >= 15 is 0 Å². The molecule has 1 aliphatic heterocycles. The SMILES string of the molecule is COCC1CCN(c2cc3nc[nH]c(=O)c3cc2N)CC1. The second-order valence-corrected chi connectivity index (χ2v) is 5.55. The molecule has 1 aromatic carbocycles. The van der Waals surface area contributed by atoms with E-state index in [1.165, 1.54) is 6.33 Å². The Morgan fingerprint density at radius 1 is 1.43 bits per heavy atom. The minimum Gasteiger partial charge on any atom is -0.397 e. The van der Waals surface area contributed by atoms with E-state index in [0.717, 1.165) is 38.2 Å². The number of rotatable bonds is 3. The van der Waals surface area contributed by atoms with Crippen LogP contribution in [0.5, 0.6) is 0 Å². The van der Waals surface area contributed by atoms with Gasteiger partial charge in [-0.1, -0.05) is 0 Å². The predicted molar refractivity (Wildman–Crippen MR) is 83.6 cm³/mol. The molecule has 0 unspecified atom stereocenters. The van der Waals surface area contributed by atoms with Crippen molar-refractivity contribution in [2.45, 2.75) is 12.8 Å². The lowest BCUT2D eigenvalue weighted by atomic mass is 9.97. The summed E-state index contributed by atoms with van der Waals surface area (Å²) in [6.07, 6.45) is 3.61. The number of benzene rings is 1. The highest BCUT2D eigenvalue weighted by Crippen LogP contribution is 2.30. The van der Waals surface area contributed by atoms with Gasteiger partial charge in [-0.25, -0.2) is 4.98 Å². The molecule has 0 radical (unpaired) electrons. The fourth-order valence-electron chi connectivity index (χ4n) is 2.97. The average Bonchev–Trinajstić information content (AvgIpc) is 2.49. The van der Waals surface area contributed by atoms with Crippen LogP contribution in [0.15, 0.2) is 23.3 Å². The standard InChI is InChI=1S/C15H20N4O2/c1-21-8-10-2-4-19(5-3-10)14-7-13-11(6-12(14)16)15(20)18-9-17-13/h6-7,9-10H,2-5,8,16H2,1H3,(H,17,18,20). The van der Waals surface area contributed by atoms with Gasteiger partial charge in [0, 0.05) is 26.8 Å². The monoisotopic (exact) mass is 288 g/mol. The van der Waals surface area contributed by atoms with Crippen molar-refractivity contribution >= 4 is 22.3 Å². The van der Waals surface area contributed by atoms with Crippen LogP contribution >= 0.6 is 0 Å². The van der Waals surface area contributed by atoms with Crippen molar-refractivity contribution < 1.29 is 4.74 Å². The zero-order valence-electron chi connectivity index (χ0n) is 12.1. The zero-order chi connectivity index (χ0) is 14.8. The van der Waals surface area contributed by atoms with Crippen molar-refractivity contribution in [3.05, 3.63) is 28.8 Å². The molecule has 3 N–H and O–H groups in total. The van der Waals surface area contributed by atoms with Crippen molar-refractivity contribution in [1.29, 1.82) is 0 Å². The van der Waals surface area contributed by atoms with Gasteiger partial charge in [0.15, 0.2) is 0 Å². The molecular formula is C15H20N4O2. The molecule has 0 spiro atoms. The minimum absolute atomic E-state index is 0.156. The highest BCUT2D eigenvalue weighted by atomic mass is 16.5. The molecular weight excluding hydrogens is 268 g/mol. The Morgan fingerprint density at radius 2 is 2.19 bits per heavy atom. The molecule has 0 saturated carbocycles. The molecule has 1 aliphatic rings. The number of methoxy groups -OCH3 is 1. The van der Waals surface area contributed by atoms with Crippen LogP contribution in [0.4, 0.5) is 11.4 Å². The van der Waals surface area contributed by atoms with Crippen molar-refractivity contribution in [3.63, 3.8) is 0 Å². The number of hydrogen-bond acceptors (Lipinski definition) is 5. The largest absolute Gasteiger partial charge is 0.397 e. The van der Waals surface area contributed by atoms with Crippen LogP contribution in [0.25, 0.3) is 10.9 Å². The molecule has 6 heteroatoms. The summed E-state index contributed by atoms with van der Waals surface area (Å²) in [5.41, 5.74) is 8.26. The van der Waals surface area contributed by atoms with E-state index in [0.29, 0.717) is 22.5 Å². The average molecular weight is 288 g/mol. The highest BCUT2D eigenvalue weighted by molar-refractivity contribution is 5.88. The number of ether oxygens (including phenoxy) is 1. The smallest absolute Gasteiger partial charge is 0.258 e. The van der Waals surface area contributed by atoms with Gasteiger partial charge in [0.2, 0.25) is 0 Å². The molecule has 0 aliphatic carbocycles. The summed E-state index contributed by atoms with van der Waals surface area (Å²) in [5, 5.41) is 0.535. The summed E-state index contributed by atoms with van der Waals surface area (Å²) in [6, 6.07) is 3.63. The molecule has 1 aromatic heterocycles. The molecule has 2 aromatic rings. The van der Waals surface area contributed by atoms with Gasteiger partial charge < -0.3 is 20.4 Å². The van der Waals surface area contributed by atoms with Crippen LogP contribution < -0.4 is 16.2 Å². The number of piperidine rings is 1. The Morgan fingerprint density at radius 3 is 2.90 bits per heavy atom. The summed E-state index contributed by atoms with van der Waals surface area (Å²) in [4.78, 5) is 20.8. The quantitative estimate of drug-likeness (QED) is 0.833. The number of nitrogens with two attached hydrogens (primary N) is 1. The van der Waals surface area contributed by atoms with Gasteiger partial charge in [-0.05, 0) is 30.9 Å². The minimum atomic E-state index is -0.156. The first-order valence-corrected chi connectivity index (χ1v) is 7.20. The van der Waals surface area contributed by atoms with Crippen molar-refractivity contribution in [1.82, 2.24) is 9.97 Å². The van der Waals surface area contributed by atoms with Gasteiger partial charge in [0.1, 0.15) is 0 Å². The van der Waals surface area contributed by atoms with Crippen molar-refractivity contribution in [2.75, 3.05) is 37.4 Å². The van der Waals surface area contributed by atoms with E-state index in [2.05, 4.69) is 14.9 Å². The molecule has 3 rings (SSSR count). The molecule has 0 atom stereocenters. The van der Waals surface area contributed by atoms with E-state index in [1.807, 2.05) is 6.07 Å². The normalized spacial score (nSPS) is 16.5. The van der Waals surface area contributed by atoms with E-state index in [-0.39, 0.29) is 5.56 Å². The van der Waals surface area contributed by atoms with Gasteiger partial charge in [0.05, 0.1) is 28.6 Å². The predicted octanol–water partition coefficient (Wildman–Crippen LogP) is 1.37. The number of nitrogens with one attached hydrogen (secondary N) is 1. The van der Waals surface area contributed by atoms with Crippen LogP contribution in [0.2, 0.25) is 0 Å². The number of anilines is 2. The number of nitrogen functional groups attached to an aromatic ring is 1. The maximum Gasteiger partial charge on any atom is 0.258 e. The lowest BCUT2D eigenvalue weighted by molar-refractivity contribution is 0.139. The van der Waals surface area contributed by atoms with Gasteiger partial charge in [-0.2, -0.15) is 0 Å². The molecule has 0 bridgehead atoms. The van der Waals surface area contributed by atoms with Gasteiger partial charge in [-0.15, -0.1) is 0 Å².